The number of nitrogens with one attached hydrogen (secondary N) is 3. The molecule has 0 aliphatic carbocycles. The number of carbonyl (C=O) groups excluding carboxylic acids is 1. The molecule has 20 heavy (non-hydrogen) atoms. The van der Waals surface area contributed by atoms with Gasteiger partial charge >= 0.3 is 6.03 Å². The Bertz CT molecular complexity index is 449. The lowest BCUT2D eigenvalue weighted by molar-refractivity contribution is 0.238. The molecular formula is C15H24N4O. The molecule has 2 rings (SSSR count). The minimum absolute atomic E-state index is 0.129. The molecule has 0 radical (unpaired) electrons. The molecule has 1 aliphatic heterocycles. The van der Waals surface area contributed by atoms with Crippen LogP contribution in [0.25, 0.3) is 0 Å². The zero-order chi connectivity index (χ0) is 14.4. The van der Waals surface area contributed by atoms with E-state index in [1.165, 1.54) is 11.1 Å². The van der Waals surface area contributed by atoms with Crippen molar-refractivity contribution in [3.05, 3.63) is 35.4 Å². The Morgan fingerprint density at radius 1 is 1.45 bits per heavy atom. The highest BCUT2D eigenvalue weighted by Crippen LogP contribution is 2.21. The van der Waals surface area contributed by atoms with Crippen molar-refractivity contribution in [2.75, 3.05) is 26.2 Å². The summed E-state index contributed by atoms with van der Waals surface area (Å²) < 4.78 is 0. The summed E-state index contributed by atoms with van der Waals surface area (Å²) in [5.74, 6) is 0.300. The molecule has 0 bridgehead atoms. The van der Waals surface area contributed by atoms with Gasteiger partial charge < -0.3 is 21.7 Å². The Kier molecular flexibility index (Phi) is 5.38. The lowest BCUT2D eigenvalue weighted by Crippen LogP contribution is -2.44. The summed E-state index contributed by atoms with van der Waals surface area (Å²) in [5, 5.41) is 9.20. The maximum absolute atomic E-state index is 11.7. The standard InChI is InChI=1S/C15H24N4O/c1-11(8-16)9-18-15(20)19-10-14-13-5-3-2-4-12(13)6-7-17-14/h2-5,11,14,17H,6-10,16H2,1H3,(H2,18,19,20). The summed E-state index contributed by atoms with van der Waals surface area (Å²) in [5.41, 5.74) is 8.18. The highest BCUT2D eigenvalue weighted by Gasteiger charge is 2.19. The minimum Gasteiger partial charge on any atom is -0.338 e. The summed E-state index contributed by atoms with van der Waals surface area (Å²) in [6.45, 7) is 4.75. The highest BCUT2D eigenvalue weighted by molar-refractivity contribution is 5.73. The molecule has 1 aliphatic rings. The average molecular weight is 276 g/mol. The highest BCUT2D eigenvalue weighted by atomic mass is 16.2. The van der Waals surface area contributed by atoms with Crippen LogP contribution in [0.5, 0.6) is 0 Å². The predicted octanol–water partition coefficient (Wildman–Crippen LogP) is 0.767. The van der Waals surface area contributed by atoms with E-state index in [9.17, 15) is 4.79 Å². The number of carbonyl (C=O) groups is 1. The topological polar surface area (TPSA) is 79.2 Å². The molecule has 5 heteroatoms. The van der Waals surface area contributed by atoms with Gasteiger partial charge in [-0.25, -0.2) is 4.79 Å². The molecule has 0 aromatic heterocycles. The maximum atomic E-state index is 11.7. The van der Waals surface area contributed by atoms with Gasteiger partial charge in [0.1, 0.15) is 0 Å². The second-order valence-electron chi connectivity index (χ2n) is 5.39. The van der Waals surface area contributed by atoms with Crippen LogP contribution in [0.4, 0.5) is 4.79 Å². The second kappa shape index (κ2) is 7.26. The smallest absolute Gasteiger partial charge is 0.314 e. The number of hydrogen-bond donors (Lipinski definition) is 4. The van der Waals surface area contributed by atoms with Crippen LogP contribution in [0.1, 0.15) is 24.1 Å². The van der Waals surface area contributed by atoms with Gasteiger partial charge in [0.2, 0.25) is 0 Å². The zero-order valence-corrected chi connectivity index (χ0v) is 12.0. The molecular weight excluding hydrogens is 252 g/mol. The first-order valence-electron chi connectivity index (χ1n) is 7.23. The maximum Gasteiger partial charge on any atom is 0.314 e. The van der Waals surface area contributed by atoms with Gasteiger partial charge in [-0.3, -0.25) is 0 Å². The number of urea groups is 1. The van der Waals surface area contributed by atoms with Crippen LogP contribution in [0.2, 0.25) is 0 Å². The fourth-order valence-corrected chi connectivity index (χ4v) is 2.38. The van der Waals surface area contributed by atoms with E-state index >= 15 is 0 Å². The van der Waals surface area contributed by atoms with Gasteiger partial charge in [0.15, 0.2) is 0 Å². The van der Waals surface area contributed by atoms with E-state index in [1.807, 2.05) is 13.0 Å². The van der Waals surface area contributed by atoms with Crippen LogP contribution in [0, 0.1) is 5.92 Å². The molecule has 1 aromatic carbocycles. The molecule has 2 unspecified atom stereocenters. The van der Waals surface area contributed by atoms with Gasteiger partial charge in [-0.1, -0.05) is 31.2 Å². The van der Waals surface area contributed by atoms with Crippen molar-refractivity contribution < 1.29 is 4.79 Å². The number of benzene rings is 1. The summed E-state index contributed by atoms with van der Waals surface area (Å²) in [6, 6.07) is 8.46. The van der Waals surface area contributed by atoms with Crippen molar-refractivity contribution in [1.29, 1.82) is 0 Å². The second-order valence-corrected chi connectivity index (χ2v) is 5.39. The molecule has 2 amide bonds. The van der Waals surface area contributed by atoms with Crippen molar-refractivity contribution in [3.8, 4) is 0 Å². The zero-order valence-electron chi connectivity index (χ0n) is 12.0. The van der Waals surface area contributed by atoms with E-state index in [2.05, 4.69) is 34.1 Å². The molecule has 0 saturated carbocycles. The van der Waals surface area contributed by atoms with Gasteiger partial charge in [0, 0.05) is 19.1 Å². The monoisotopic (exact) mass is 276 g/mol. The largest absolute Gasteiger partial charge is 0.338 e. The Morgan fingerprint density at radius 2 is 2.25 bits per heavy atom. The first-order valence-corrected chi connectivity index (χ1v) is 7.23. The van der Waals surface area contributed by atoms with E-state index in [0.29, 0.717) is 25.6 Å². The van der Waals surface area contributed by atoms with E-state index < -0.39 is 0 Å². The molecule has 1 aromatic rings. The van der Waals surface area contributed by atoms with Crippen LogP contribution in [0.3, 0.4) is 0 Å². The average Bonchev–Trinajstić information content (AvgIpc) is 2.50. The van der Waals surface area contributed by atoms with Crippen molar-refractivity contribution in [1.82, 2.24) is 16.0 Å². The molecule has 110 valence electrons. The van der Waals surface area contributed by atoms with Crippen molar-refractivity contribution in [2.45, 2.75) is 19.4 Å². The van der Waals surface area contributed by atoms with E-state index in [1.54, 1.807) is 0 Å². The third-order valence-corrected chi connectivity index (χ3v) is 3.70. The van der Waals surface area contributed by atoms with Crippen LogP contribution in [0.15, 0.2) is 24.3 Å². The number of amides is 2. The third kappa shape index (κ3) is 3.95. The first-order chi connectivity index (χ1) is 9.70. The molecule has 0 fully saturated rings. The minimum atomic E-state index is -0.129. The van der Waals surface area contributed by atoms with Gasteiger partial charge in [-0.05, 0) is 36.6 Å². The van der Waals surface area contributed by atoms with Crippen LogP contribution >= 0.6 is 0 Å². The predicted molar refractivity (Wildman–Crippen MR) is 80.5 cm³/mol. The SMILES string of the molecule is CC(CN)CNC(=O)NCC1NCCc2ccccc21. The van der Waals surface area contributed by atoms with Crippen molar-refractivity contribution in [2.24, 2.45) is 11.7 Å². The first kappa shape index (κ1) is 14.8. The summed E-state index contributed by atoms with van der Waals surface area (Å²) in [6.07, 6.45) is 1.05. The number of fused-ring (bicyclic) bond motifs is 1. The summed E-state index contributed by atoms with van der Waals surface area (Å²) in [7, 11) is 0. The van der Waals surface area contributed by atoms with Crippen LogP contribution < -0.4 is 21.7 Å². The normalized spacial score (nSPS) is 19.0. The number of hydrogen-bond acceptors (Lipinski definition) is 3. The molecule has 5 nitrogen and oxygen atoms in total. The number of rotatable bonds is 5. The molecule has 5 N–H and O–H groups in total. The van der Waals surface area contributed by atoms with Crippen molar-refractivity contribution >= 4 is 6.03 Å². The van der Waals surface area contributed by atoms with E-state index in [0.717, 1.165) is 13.0 Å². The van der Waals surface area contributed by atoms with Gasteiger partial charge in [-0.15, -0.1) is 0 Å². The molecule has 0 spiro atoms. The lowest BCUT2D eigenvalue weighted by Gasteiger charge is -2.27. The third-order valence-electron chi connectivity index (χ3n) is 3.70. The van der Waals surface area contributed by atoms with E-state index in [-0.39, 0.29) is 12.1 Å². The Balaban J connectivity index is 1.81. The van der Waals surface area contributed by atoms with Gasteiger partial charge in [0.05, 0.1) is 0 Å². The van der Waals surface area contributed by atoms with E-state index in [4.69, 9.17) is 5.73 Å². The lowest BCUT2D eigenvalue weighted by atomic mass is 9.94. The quantitative estimate of drug-likeness (QED) is 0.641. The number of nitrogens with two attached hydrogens (primary N) is 1. The summed E-state index contributed by atoms with van der Waals surface area (Å²) >= 11 is 0. The van der Waals surface area contributed by atoms with Gasteiger partial charge in [0.25, 0.3) is 0 Å². The molecule has 2 atom stereocenters. The van der Waals surface area contributed by atoms with Gasteiger partial charge in [-0.2, -0.15) is 0 Å². The fourth-order valence-electron chi connectivity index (χ4n) is 2.38. The van der Waals surface area contributed by atoms with Crippen LogP contribution in [-0.4, -0.2) is 32.2 Å². The van der Waals surface area contributed by atoms with Crippen LogP contribution in [-0.2, 0) is 6.42 Å². The molecule has 1 heterocycles. The fraction of sp³-hybridized carbons (Fsp3) is 0.533. The Hall–Kier alpha value is -1.59. The van der Waals surface area contributed by atoms with Crippen molar-refractivity contribution in [3.63, 3.8) is 0 Å². The Labute approximate surface area is 120 Å². The Morgan fingerprint density at radius 3 is 3.05 bits per heavy atom. The molecule has 0 saturated heterocycles. The summed E-state index contributed by atoms with van der Waals surface area (Å²) in [4.78, 5) is 11.7.